The molecular weight excluding hydrogens is 245 g/mol. The Morgan fingerprint density at radius 1 is 1.22 bits per heavy atom. The van der Waals surface area contributed by atoms with Gasteiger partial charge in [-0.2, -0.15) is 13.2 Å². The molecule has 0 radical (unpaired) electrons. The number of carbonyl (C=O) groups is 1. The third-order valence-electron chi connectivity index (χ3n) is 2.08. The minimum Gasteiger partial charge on any atom is -0.332 e. The molecule has 0 saturated carbocycles. The number of nitrogens with one attached hydrogen (secondary N) is 1. The Bertz CT molecular complexity index is 269. The van der Waals surface area contributed by atoms with Crippen molar-refractivity contribution in [2.75, 3.05) is 19.6 Å². The molecule has 6 heteroatoms. The van der Waals surface area contributed by atoms with Crippen molar-refractivity contribution >= 4 is 5.91 Å². The van der Waals surface area contributed by atoms with Gasteiger partial charge in [-0.05, 0) is 26.7 Å². The lowest BCUT2D eigenvalue weighted by Crippen LogP contribution is -2.48. The van der Waals surface area contributed by atoms with E-state index in [0.29, 0.717) is 0 Å². The van der Waals surface area contributed by atoms with E-state index in [9.17, 15) is 18.0 Å². The van der Waals surface area contributed by atoms with Crippen LogP contribution >= 0.6 is 0 Å². The highest BCUT2D eigenvalue weighted by Gasteiger charge is 2.33. The lowest BCUT2D eigenvalue weighted by atomic mass is 10.1. The van der Waals surface area contributed by atoms with Gasteiger partial charge in [-0.1, -0.05) is 13.8 Å². The number of amides is 1. The maximum absolute atomic E-state index is 12.4. The monoisotopic (exact) mass is 268 g/mol. The maximum Gasteiger partial charge on any atom is 0.406 e. The van der Waals surface area contributed by atoms with Crippen LogP contribution in [0, 0.1) is 5.92 Å². The summed E-state index contributed by atoms with van der Waals surface area (Å²) in [5.74, 6) is -0.512. The van der Waals surface area contributed by atoms with E-state index in [1.54, 1.807) is 13.8 Å². The van der Waals surface area contributed by atoms with Crippen LogP contribution in [0.4, 0.5) is 13.2 Å². The summed E-state index contributed by atoms with van der Waals surface area (Å²) in [5, 5.41) is 2.90. The summed E-state index contributed by atoms with van der Waals surface area (Å²) in [6.07, 6.45) is -4.35. The first-order chi connectivity index (χ1) is 7.91. The van der Waals surface area contributed by atoms with Gasteiger partial charge in [0.15, 0.2) is 0 Å². The zero-order chi connectivity index (χ0) is 14.6. The van der Waals surface area contributed by atoms with Gasteiger partial charge in [-0.25, -0.2) is 0 Å². The molecule has 1 N–H and O–H groups in total. The molecule has 0 aliphatic heterocycles. The maximum atomic E-state index is 12.4. The molecule has 0 rings (SSSR count). The van der Waals surface area contributed by atoms with E-state index in [4.69, 9.17) is 0 Å². The van der Waals surface area contributed by atoms with Crippen LogP contribution < -0.4 is 5.32 Å². The van der Waals surface area contributed by atoms with Crippen LogP contribution in [-0.4, -0.2) is 42.2 Å². The van der Waals surface area contributed by atoms with E-state index in [0.717, 1.165) is 4.90 Å². The van der Waals surface area contributed by atoms with Crippen molar-refractivity contribution in [3.63, 3.8) is 0 Å². The fourth-order valence-corrected chi connectivity index (χ4v) is 1.36. The fourth-order valence-electron chi connectivity index (χ4n) is 1.36. The Kier molecular flexibility index (Phi) is 6.13. The minimum atomic E-state index is -4.35. The molecule has 0 aliphatic carbocycles. The largest absolute Gasteiger partial charge is 0.406 e. The first-order valence-corrected chi connectivity index (χ1v) is 6.00. The number of alkyl halides is 3. The van der Waals surface area contributed by atoms with E-state index < -0.39 is 18.6 Å². The van der Waals surface area contributed by atoms with Gasteiger partial charge in [-0.3, -0.25) is 4.79 Å². The van der Waals surface area contributed by atoms with Gasteiger partial charge in [0.1, 0.15) is 6.54 Å². The van der Waals surface area contributed by atoms with Gasteiger partial charge in [0.2, 0.25) is 5.91 Å². The number of rotatable bonds is 5. The van der Waals surface area contributed by atoms with E-state index in [1.165, 1.54) is 0 Å². The Hall–Kier alpha value is -0.780. The van der Waals surface area contributed by atoms with Crippen molar-refractivity contribution in [2.24, 2.45) is 5.92 Å². The molecule has 0 heterocycles. The zero-order valence-electron chi connectivity index (χ0n) is 11.7. The third-order valence-corrected chi connectivity index (χ3v) is 2.08. The molecular formula is C12H23F3N2O. The Morgan fingerprint density at radius 3 is 2.06 bits per heavy atom. The average molecular weight is 268 g/mol. The van der Waals surface area contributed by atoms with Crippen LogP contribution in [0.15, 0.2) is 0 Å². The first kappa shape index (κ1) is 17.2. The van der Waals surface area contributed by atoms with Gasteiger partial charge in [0.05, 0.1) is 6.54 Å². The Labute approximate surface area is 107 Å². The lowest BCUT2D eigenvalue weighted by Gasteiger charge is -2.28. The fraction of sp³-hybridized carbons (Fsp3) is 0.917. The van der Waals surface area contributed by atoms with Gasteiger partial charge >= 0.3 is 6.18 Å². The van der Waals surface area contributed by atoms with Crippen molar-refractivity contribution in [3.8, 4) is 0 Å². The quantitative estimate of drug-likeness (QED) is 0.830. The Balaban J connectivity index is 4.50. The van der Waals surface area contributed by atoms with Crippen molar-refractivity contribution in [3.05, 3.63) is 0 Å². The van der Waals surface area contributed by atoms with Crippen LogP contribution in [0.2, 0.25) is 0 Å². The van der Waals surface area contributed by atoms with Crippen molar-refractivity contribution in [1.82, 2.24) is 10.2 Å². The van der Waals surface area contributed by atoms with Crippen LogP contribution in [0.25, 0.3) is 0 Å². The Morgan fingerprint density at radius 2 is 1.72 bits per heavy atom. The molecule has 3 nitrogen and oxygen atoms in total. The molecule has 0 fully saturated rings. The molecule has 0 aliphatic rings. The van der Waals surface area contributed by atoms with E-state index in [1.807, 2.05) is 20.8 Å². The normalized spacial score (nSPS) is 12.9. The van der Waals surface area contributed by atoms with Crippen LogP contribution in [-0.2, 0) is 4.79 Å². The predicted molar refractivity (Wildman–Crippen MR) is 65.2 cm³/mol. The summed E-state index contributed by atoms with van der Waals surface area (Å²) in [4.78, 5) is 12.6. The molecule has 0 atom stereocenters. The third kappa shape index (κ3) is 9.27. The molecule has 0 unspecified atom stereocenters. The second kappa shape index (κ2) is 6.41. The smallest absolute Gasteiger partial charge is 0.332 e. The summed E-state index contributed by atoms with van der Waals surface area (Å²) >= 11 is 0. The molecule has 0 aromatic heterocycles. The standard InChI is InChI=1S/C12H23F3N2O/c1-9(2)7-17(8-12(13,14)15)10(18)6-16-11(3,4)5/h9,16H,6-8H2,1-5H3. The molecule has 108 valence electrons. The number of carbonyl (C=O) groups excluding carboxylic acids is 1. The van der Waals surface area contributed by atoms with E-state index in [2.05, 4.69) is 5.32 Å². The molecule has 0 aromatic carbocycles. The second-order valence-corrected chi connectivity index (χ2v) is 5.89. The van der Waals surface area contributed by atoms with Gasteiger partial charge < -0.3 is 10.2 Å². The zero-order valence-corrected chi connectivity index (χ0v) is 11.7. The molecule has 0 aromatic rings. The number of hydrogen-bond acceptors (Lipinski definition) is 2. The van der Waals surface area contributed by atoms with Gasteiger partial charge in [-0.15, -0.1) is 0 Å². The predicted octanol–water partition coefficient (Wildman–Crippen LogP) is 2.42. The highest BCUT2D eigenvalue weighted by atomic mass is 19.4. The molecule has 0 bridgehead atoms. The van der Waals surface area contributed by atoms with Crippen LogP contribution in [0.5, 0.6) is 0 Å². The summed E-state index contributed by atoms with van der Waals surface area (Å²) in [7, 11) is 0. The van der Waals surface area contributed by atoms with E-state index in [-0.39, 0.29) is 24.5 Å². The van der Waals surface area contributed by atoms with Crippen molar-refractivity contribution in [2.45, 2.75) is 46.3 Å². The minimum absolute atomic E-state index is 0.00550. The summed E-state index contributed by atoms with van der Waals surface area (Å²) < 4.78 is 37.1. The average Bonchev–Trinajstić information content (AvgIpc) is 2.08. The highest BCUT2D eigenvalue weighted by Crippen LogP contribution is 2.17. The summed E-state index contributed by atoms with van der Waals surface area (Å²) in [5.41, 5.74) is -0.294. The van der Waals surface area contributed by atoms with Gasteiger partial charge in [0, 0.05) is 12.1 Å². The SMILES string of the molecule is CC(C)CN(CC(F)(F)F)C(=O)CNC(C)(C)C. The summed E-state index contributed by atoms with van der Waals surface area (Å²) in [6.45, 7) is 8.00. The molecule has 0 saturated heterocycles. The molecule has 1 amide bonds. The van der Waals surface area contributed by atoms with Crippen LogP contribution in [0.1, 0.15) is 34.6 Å². The van der Waals surface area contributed by atoms with E-state index >= 15 is 0 Å². The van der Waals surface area contributed by atoms with Gasteiger partial charge in [0.25, 0.3) is 0 Å². The molecule has 0 spiro atoms. The highest BCUT2D eigenvalue weighted by molar-refractivity contribution is 5.78. The summed E-state index contributed by atoms with van der Waals surface area (Å²) in [6, 6.07) is 0. The lowest BCUT2D eigenvalue weighted by molar-refractivity contribution is -0.161. The number of halogens is 3. The first-order valence-electron chi connectivity index (χ1n) is 6.00. The van der Waals surface area contributed by atoms with Crippen LogP contribution in [0.3, 0.4) is 0 Å². The number of hydrogen-bond donors (Lipinski definition) is 1. The second-order valence-electron chi connectivity index (χ2n) is 5.89. The molecule has 18 heavy (non-hydrogen) atoms. The van der Waals surface area contributed by atoms with Crippen molar-refractivity contribution < 1.29 is 18.0 Å². The number of nitrogens with zero attached hydrogens (tertiary/aromatic N) is 1. The van der Waals surface area contributed by atoms with Crippen molar-refractivity contribution in [1.29, 1.82) is 0 Å². The topological polar surface area (TPSA) is 32.3 Å².